The summed E-state index contributed by atoms with van der Waals surface area (Å²) in [4.78, 5) is 0. The Bertz CT molecular complexity index is 603. The topological polar surface area (TPSA) is 70.5 Å². The molecule has 0 spiro atoms. The van der Waals surface area contributed by atoms with Gasteiger partial charge in [-0.25, -0.2) is 0 Å². The number of nitrogens with two attached hydrogens (primary N) is 2. The molecule has 2 aromatic carbocycles. The van der Waals surface area contributed by atoms with Gasteiger partial charge in [-0.2, -0.15) is 0 Å². The minimum atomic E-state index is -0.669. The molecule has 4 nitrogen and oxygen atoms in total. The van der Waals surface area contributed by atoms with Crippen LogP contribution in [0.4, 0.5) is 0 Å². The van der Waals surface area contributed by atoms with E-state index in [2.05, 4.69) is 24.3 Å². The summed E-state index contributed by atoms with van der Waals surface area (Å²) in [6.07, 6.45) is 1.02. The standard InChI is InChI=1S/C21H28N2O2/c1-21(2)24-19(17(22)13-15-9-5-3-6-10-15)20(25-21)18(23)14-16-11-7-4-8-12-16/h3-12,17-20H,13-14,22-23H2,1-2H3/t17-,18-,19?,20?/m1/s1. The van der Waals surface area contributed by atoms with Crippen LogP contribution < -0.4 is 11.5 Å². The predicted octanol–water partition coefficient (Wildman–Crippen LogP) is 2.65. The Morgan fingerprint density at radius 1 is 0.760 bits per heavy atom. The predicted molar refractivity (Wildman–Crippen MR) is 100 cm³/mol. The first-order valence-corrected chi connectivity index (χ1v) is 8.89. The van der Waals surface area contributed by atoms with Crippen molar-refractivity contribution < 1.29 is 9.47 Å². The Morgan fingerprint density at radius 2 is 1.12 bits per heavy atom. The van der Waals surface area contributed by atoms with Gasteiger partial charge in [-0.05, 0) is 37.8 Å². The molecule has 4 N–H and O–H groups in total. The fraction of sp³-hybridized carbons (Fsp3) is 0.429. The Morgan fingerprint density at radius 3 is 1.48 bits per heavy atom. The maximum Gasteiger partial charge on any atom is 0.163 e. The van der Waals surface area contributed by atoms with Crippen LogP contribution in [0.3, 0.4) is 0 Å². The van der Waals surface area contributed by atoms with Crippen LogP contribution in [-0.4, -0.2) is 30.1 Å². The summed E-state index contributed by atoms with van der Waals surface area (Å²) in [6, 6.07) is 20.1. The summed E-state index contributed by atoms with van der Waals surface area (Å²) in [5.41, 5.74) is 15.4. The van der Waals surface area contributed by atoms with Gasteiger partial charge in [0.25, 0.3) is 0 Å². The number of benzene rings is 2. The molecule has 0 saturated carbocycles. The van der Waals surface area contributed by atoms with Crippen LogP contribution in [0.1, 0.15) is 25.0 Å². The Labute approximate surface area is 150 Å². The average molecular weight is 340 g/mol. The van der Waals surface area contributed by atoms with Crippen LogP contribution in [0.25, 0.3) is 0 Å². The zero-order valence-electron chi connectivity index (χ0n) is 15.0. The zero-order valence-corrected chi connectivity index (χ0v) is 15.0. The molecule has 0 radical (unpaired) electrons. The van der Waals surface area contributed by atoms with Crippen molar-refractivity contribution >= 4 is 0 Å². The number of ether oxygens (including phenoxy) is 2. The fourth-order valence-electron chi connectivity index (χ4n) is 3.48. The van der Waals surface area contributed by atoms with Crippen molar-refractivity contribution in [1.29, 1.82) is 0 Å². The second kappa shape index (κ2) is 7.67. The highest BCUT2D eigenvalue weighted by atomic mass is 16.8. The van der Waals surface area contributed by atoms with E-state index in [1.807, 2.05) is 50.2 Å². The molecule has 0 aliphatic carbocycles. The van der Waals surface area contributed by atoms with Crippen molar-refractivity contribution in [1.82, 2.24) is 0 Å². The summed E-state index contributed by atoms with van der Waals surface area (Å²) in [6.45, 7) is 3.84. The molecule has 1 heterocycles. The lowest BCUT2D eigenvalue weighted by atomic mass is 9.92. The maximum absolute atomic E-state index is 6.49. The van der Waals surface area contributed by atoms with Gasteiger partial charge >= 0.3 is 0 Å². The zero-order chi connectivity index (χ0) is 17.9. The molecule has 1 saturated heterocycles. The molecule has 0 aromatic heterocycles. The number of hydrogen-bond donors (Lipinski definition) is 2. The van der Waals surface area contributed by atoms with Gasteiger partial charge in [-0.15, -0.1) is 0 Å². The van der Waals surface area contributed by atoms with E-state index < -0.39 is 5.79 Å². The average Bonchev–Trinajstić information content (AvgIpc) is 2.93. The largest absolute Gasteiger partial charge is 0.343 e. The van der Waals surface area contributed by atoms with Crippen molar-refractivity contribution in [3.05, 3.63) is 71.8 Å². The normalized spacial score (nSPS) is 24.8. The van der Waals surface area contributed by atoms with E-state index in [-0.39, 0.29) is 24.3 Å². The first kappa shape index (κ1) is 18.1. The van der Waals surface area contributed by atoms with Crippen LogP contribution in [0.5, 0.6) is 0 Å². The van der Waals surface area contributed by atoms with Gasteiger partial charge in [0.15, 0.2) is 5.79 Å². The van der Waals surface area contributed by atoms with Crippen LogP contribution in [0.15, 0.2) is 60.7 Å². The van der Waals surface area contributed by atoms with E-state index >= 15 is 0 Å². The molecule has 0 bridgehead atoms. The monoisotopic (exact) mass is 340 g/mol. The first-order valence-electron chi connectivity index (χ1n) is 8.89. The highest BCUT2D eigenvalue weighted by Gasteiger charge is 2.46. The Hall–Kier alpha value is -1.72. The minimum Gasteiger partial charge on any atom is -0.343 e. The fourth-order valence-corrected chi connectivity index (χ4v) is 3.48. The number of hydrogen-bond acceptors (Lipinski definition) is 4. The molecule has 2 unspecified atom stereocenters. The molecule has 25 heavy (non-hydrogen) atoms. The summed E-state index contributed by atoms with van der Waals surface area (Å²) >= 11 is 0. The highest BCUT2D eigenvalue weighted by Crippen LogP contribution is 2.32. The molecule has 4 atom stereocenters. The third kappa shape index (κ3) is 4.67. The van der Waals surface area contributed by atoms with Crippen molar-refractivity contribution in [2.45, 2.75) is 56.8 Å². The lowest BCUT2D eigenvalue weighted by Gasteiger charge is -2.27. The molecule has 1 aliphatic heterocycles. The van der Waals surface area contributed by atoms with Gasteiger partial charge < -0.3 is 20.9 Å². The smallest absolute Gasteiger partial charge is 0.163 e. The van der Waals surface area contributed by atoms with E-state index in [0.717, 1.165) is 12.8 Å². The van der Waals surface area contributed by atoms with E-state index in [1.54, 1.807) is 0 Å². The maximum atomic E-state index is 6.49. The van der Waals surface area contributed by atoms with Gasteiger partial charge in [0.2, 0.25) is 0 Å². The van der Waals surface area contributed by atoms with Crippen molar-refractivity contribution in [3.8, 4) is 0 Å². The van der Waals surface area contributed by atoms with Gasteiger partial charge in [0.05, 0.1) is 0 Å². The summed E-state index contributed by atoms with van der Waals surface area (Å²) in [5, 5.41) is 0. The lowest BCUT2D eigenvalue weighted by Crippen LogP contribution is -2.51. The molecule has 1 fully saturated rings. The second-order valence-corrected chi connectivity index (χ2v) is 7.27. The van der Waals surface area contributed by atoms with Crippen molar-refractivity contribution in [3.63, 3.8) is 0 Å². The third-order valence-corrected chi connectivity index (χ3v) is 4.64. The molecule has 134 valence electrons. The van der Waals surface area contributed by atoms with Crippen molar-refractivity contribution in [2.75, 3.05) is 0 Å². The molecule has 0 amide bonds. The van der Waals surface area contributed by atoms with Crippen molar-refractivity contribution in [2.24, 2.45) is 11.5 Å². The summed E-state index contributed by atoms with van der Waals surface area (Å²) in [7, 11) is 0. The highest BCUT2D eigenvalue weighted by molar-refractivity contribution is 5.18. The van der Waals surface area contributed by atoms with Crippen LogP contribution >= 0.6 is 0 Å². The van der Waals surface area contributed by atoms with Crippen LogP contribution in [0.2, 0.25) is 0 Å². The number of rotatable bonds is 6. The first-order chi connectivity index (χ1) is 11.9. The van der Waals surface area contributed by atoms with Gasteiger partial charge in [-0.3, -0.25) is 0 Å². The molecular weight excluding hydrogens is 312 g/mol. The quantitative estimate of drug-likeness (QED) is 0.848. The van der Waals surface area contributed by atoms with Gasteiger partial charge in [-0.1, -0.05) is 60.7 Å². The van der Waals surface area contributed by atoms with Crippen LogP contribution in [-0.2, 0) is 22.3 Å². The van der Waals surface area contributed by atoms with Gasteiger partial charge in [0.1, 0.15) is 12.2 Å². The van der Waals surface area contributed by atoms with Gasteiger partial charge in [0, 0.05) is 12.1 Å². The lowest BCUT2D eigenvalue weighted by molar-refractivity contribution is -0.149. The second-order valence-electron chi connectivity index (χ2n) is 7.27. The van der Waals surface area contributed by atoms with E-state index in [0.29, 0.717) is 0 Å². The summed E-state index contributed by atoms with van der Waals surface area (Å²) in [5.74, 6) is -0.669. The minimum absolute atomic E-state index is 0.170. The SMILES string of the molecule is CC1(C)OC([C@H](N)Cc2ccccc2)C([C@H](N)Cc2ccccc2)O1. The molecule has 2 aromatic rings. The van der Waals surface area contributed by atoms with Crippen LogP contribution in [0, 0.1) is 0 Å². The molecule has 1 aliphatic rings. The van der Waals surface area contributed by atoms with E-state index in [4.69, 9.17) is 20.9 Å². The van der Waals surface area contributed by atoms with E-state index in [1.165, 1.54) is 11.1 Å². The Kier molecular flexibility index (Phi) is 5.54. The summed E-state index contributed by atoms with van der Waals surface area (Å²) < 4.78 is 12.3. The molecule has 3 rings (SSSR count). The third-order valence-electron chi connectivity index (χ3n) is 4.64. The molecular formula is C21H28N2O2. The van der Waals surface area contributed by atoms with E-state index in [9.17, 15) is 0 Å². The molecule has 4 heteroatoms. The Balaban J connectivity index is 1.71.